The van der Waals surface area contributed by atoms with Crippen LogP contribution in [0.4, 0.5) is 28.6 Å². The normalized spacial score (nSPS) is 13.1. The van der Waals surface area contributed by atoms with Gasteiger partial charge >= 0.3 is 0 Å². The van der Waals surface area contributed by atoms with Crippen LogP contribution >= 0.6 is 11.8 Å². The number of nitrogens with zero attached hydrogens (tertiary/aromatic N) is 4. The van der Waals surface area contributed by atoms with Crippen molar-refractivity contribution < 1.29 is 21.1 Å². The zero-order chi connectivity index (χ0) is 35.1. The van der Waals surface area contributed by atoms with Gasteiger partial charge < -0.3 is 14.7 Å². The molecule has 0 unspecified atom stereocenters. The van der Waals surface area contributed by atoms with Crippen LogP contribution in [0.15, 0.2) is 180 Å². The molecule has 0 aliphatic carbocycles. The van der Waals surface area contributed by atoms with Gasteiger partial charge in [-0.25, -0.2) is 4.98 Å². The van der Waals surface area contributed by atoms with Crippen molar-refractivity contribution in [3.8, 4) is 22.3 Å². The van der Waals surface area contributed by atoms with E-state index < -0.39 is 0 Å². The van der Waals surface area contributed by atoms with Crippen LogP contribution < -0.4 is 14.7 Å². The molecule has 0 saturated carbocycles. The Kier molecular flexibility index (Phi) is 9.55. The van der Waals surface area contributed by atoms with Crippen LogP contribution in [0.5, 0.6) is 0 Å². The van der Waals surface area contributed by atoms with Crippen molar-refractivity contribution in [2.45, 2.75) is 29.1 Å². The molecule has 53 heavy (non-hydrogen) atoms. The molecule has 0 radical (unpaired) electrons. The third-order valence-corrected chi connectivity index (χ3v) is 10.8. The predicted octanol–water partition coefficient (Wildman–Crippen LogP) is 12.2. The summed E-state index contributed by atoms with van der Waals surface area (Å²) in [7, 11) is 0. The molecular formula is C47H35N4PtS-3. The van der Waals surface area contributed by atoms with E-state index in [-0.39, 0.29) is 26.5 Å². The number of pyridine rings is 1. The molecular weight excluding hydrogens is 848 g/mol. The van der Waals surface area contributed by atoms with Crippen LogP contribution in [0, 0.1) is 18.8 Å². The van der Waals surface area contributed by atoms with E-state index in [0.717, 1.165) is 49.5 Å². The van der Waals surface area contributed by atoms with Crippen LogP contribution in [0.25, 0.3) is 22.3 Å². The van der Waals surface area contributed by atoms with E-state index in [1.54, 1.807) is 11.8 Å². The smallest absolute Gasteiger partial charge is 0.135 e. The summed E-state index contributed by atoms with van der Waals surface area (Å²) in [4.78, 5) is 13.6. The van der Waals surface area contributed by atoms with Crippen LogP contribution in [-0.2, 0) is 26.5 Å². The molecule has 262 valence electrons. The van der Waals surface area contributed by atoms with Gasteiger partial charge in [0.25, 0.3) is 0 Å². The molecule has 9 rings (SSSR count). The number of aromatic nitrogens is 1. The van der Waals surface area contributed by atoms with Gasteiger partial charge in [0.05, 0.1) is 5.69 Å². The molecule has 2 aliphatic heterocycles. The Balaban J connectivity index is 0.00000400. The van der Waals surface area contributed by atoms with Crippen molar-refractivity contribution >= 4 is 40.3 Å². The van der Waals surface area contributed by atoms with E-state index in [9.17, 15) is 0 Å². The van der Waals surface area contributed by atoms with Gasteiger partial charge in [-0.05, 0) is 59.4 Å². The van der Waals surface area contributed by atoms with Crippen molar-refractivity contribution in [3.63, 3.8) is 0 Å². The van der Waals surface area contributed by atoms with Gasteiger partial charge in [-0.1, -0.05) is 116 Å². The maximum Gasteiger partial charge on any atom is 0.135 e. The molecule has 0 atom stereocenters. The van der Waals surface area contributed by atoms with Crippen molar-refractivity contribution in [1.82, 2.24) is 4.98 Å². The van der Waals surface area contributed by atoms with Crippen LogP contribution in [0.1, 0.15) is 25.0 Å². The Labute approximate surface area is 330 Å². The Morgan fingerprint density at radius 2 is 1.25 bits per heavy atom. The third-order valence-electron chi connectivity index (χ3n) is 9.91. The number of hydrogen-bond donors (Lipinski definition) is 0. The minimum atomic E-state index is -0.224. The molecule has 0 spiro atoms. The fraction of sp³-hybridized carbons (Fsp3) is 0.0638. The summed E-state index contributed by atoms with van der Waals surface area (Å²) in [6.45, 7) is 6.64. The maximum atomic E-state index is 5.04. The van der Waals surface area contributed by atoms with Crippen molar-refractivity contribution in [2.24, 2.45) is 0 Å². The Morgan fingerprint density at radius 3 is 2.04 bits per heavy atom. The Morgan fingerprint density at radius 1 is 0.585 bits per heavy atom. The second kappa shape index (κ2) is 14.6. The first-order valence-corrected chi connectivity index (χ1v) is 18.3. The first kappa shape index (κ1) is 34.7. The molecule has 1 aromatic heterocycles. The number of para-hydroxylation sites is 2. The summed E-state index contributed by atoms with van der Waals surface area (Å²) < 4.78 is 0. The molecule has 0 amide bonds. The van der Waals surface area contributed by atoms with Crippen LogP contribution in [0.2, 0.25) is 0 Å². The number of rotatable bonds is 7. The summed E-state index contributed by atoms with van der Waals surface area (Å²) in [5, 5.41) is 0. The average Bonchev–Trinajstić information content (AvgIpc) is 3.66. The monoisotopic (exact) mass is 882 g/mol. The summed E-state index contributed by atoms with van der Waals surface area (Å²) >= 11 is 1.67. The molecule has 2 aliphatic rings. The average molecular weight is 883 g/mol. The molecule has 3 heterocycles. The van der Waals surface area contributed by atoms with E-state index >= 15 is 0 Å². The van der Waals surface area contributed by atoms with Crippen LogP contribution in [-0.4, -0.2) is 4.98 Å². The SMILES string of the molecule is CC(C)(c1ccccc1)c1ccnc(N2c3[c-]c(Sc4[c-]c(N5C=CN(c6ccccc6)[CH-]5)ccc4)ccc3-c3ccccc3-c3ccccc32)c1.[Pt]. The first-order chi connectivity index (χ1) is 25.5. The summed E-state index contributed by atoms with van der Waals surface area (Å²) in [5.41, 5.74) is 11.0. The number of hydrogen-bond acceptors (Lipinski definition) is 5. The van der Waals surface area contributed by atoms with E-state index in [1.807, 2.05) is 12.3 Å². The molecule has 0 fully saturated rings. The van der Waals surface area contributed by atoms with Gasteiger partial charge in [-0.15, -0.1) is 51.6 Å². The number of fused-ring (bicyclic) bond motifs is 5. The second-order valence-corrected chi connectivity index (χ2v) is 14.5. The summed E-state index contributed by atoms with van der Waals surface area (Å²) in [6, 6.07) is 61.0. The Bertz CT molecular complexity index is 2430. The van der Waals surface area contributed by atoms with Gasteiger partial charge in [0.1, 0.15) is 5.82 Å². The zero-order valence-electron chi connectivity index (χ0n) is 29.3. The van der Waals surface area contributed by atoms with E-state index in [0.29, 0.717) is 0 Å². The van der Waals surface area contributed by atoms with Gasteiger partial charge in [0, 0.05) is 43.9 Å². The Hall–Kier alpha value is -5.35. The van der Waals surface area contributed by atoms with E-state index in [4.69, 9.17) is 4.98 Å². The number of anilines is 5. The third kappa shape index (κ3) is 6.61. The molecule has 6 heteroatoms. The van der Waals surface area contributed by atoms with E-state index in [1.165, 1.54) is 22.3 Å². The molecule has 0 saturated heterocycles. The fourth-order valence-electron chi connectivity index (χ4n) is 7.09. The van der Waals surface area contributed by atoms with E-state index in [2.05, 4.69) is 205 Å². The topological polar surface area (TPSA) is 22.6 Å². The van der Waals surface area contributed by atoms with Crippen molar-refractivity contribution in [3.05, 3.63) is 200 Å². The van der Waals surface area contributed by atoms with Crippen molar-refractivity contribution in [1.29, 1.82) is 0 Å². The summed E-state index contributed by atoms with van der Waals surface area (Å²) in [6.07, 6.45) is 6.07. The zero-order valence-corrected chi connectivity index (χ0v) is 32.3. The minimum Gasteiger partial charge on any atom is -0.500 e. The number of benzene rings is 6. The van der Waals surface area contributed by atoms with Crippen molar-refractivity contribution in [2.75, 3.05) is 14.7 Å². The summed E-state index contributed by atoms with van der Waals surface area (Å²) in [5.74, 6) is 0.856. The van der Waals surface area contributed by atoms with Crippen LogP contribution in [0.3, 0.4) is 0 Å². The van der Waals surface area contributed by atoms with Gasteiger partial charge in [0.2, 0.25) is 0 Å². The fourth-order valence-corrected chi connectivity index (χ4v) is 7.91. The second-order valence-electron chi connectivity index (χ2n) is 13.4. The first-order valence-electron chi connectivity index (χ1n) is 17.5. The van der Waals surface area contributed by atoms with Gasteiger partial charge in [-0.3, -0.25) is 0 Å². The molecule has 0 bridgehead atoms. The molecule has 6 aromatic carbocycles. The van der Waals surface area contributed by atoms with Gasteiger partial charge in [-0.2, -0.15) is 30.3 Å². The minimum absolute atomic E-state index is 0. The maximum absolute atomic E-state index is 5.04. The standard InChI is InChI=1S/C47H35N4S.Pt/c1-47(2,34-14-5-3-6-15-34)35-26-27-48-46(30-35)51-44-23-12-11-22-42(44)40-20-9-10-21-41(40)43-25-24-39(32-45(43)51)52-38-19-13-18-37(31-38)50-29-28-49(33-50)36-16-7-4-8-17-36;/h3-30,33H,1-2H3;/q-3;. The van der Waals surface area contributed by atoms with Gasteiger partial charge in [0.15, 0.2) is 0 Å². The quantitative estimate of drug-likeness (QED) is 0.148. The predicted molar refractivity (Wildman–Crippen MR) is 215 cm³/mol. The molecule has 7 aromatic rings. The molecule has 0 N–H and O–H groups in total. The molecule has 4 nitrogen and oxygen atoms in total. The largest absolute Gasteiger partial charge is 0.500 e.